The predicted octanol–water partition coefficient (Wildman–Crippen LogP) is 3.27. The van der Waals surface area contributed by atoms with Gasteiger partial charge in [0.25, 0.3) is 0 Å². The summed E-state index contributed by atoms with van der Waals surface area (Å²) in [6.07, 6.45) is 7.97. The van der Waals surface area contributed by atoms with Crippen LogP contribution < -0.4 is 10.1 Å². The number of hydrogen-bond acceptors (Lipinski definition) is 7. The standard InChI is InChI=1S/C22H34N6O2/c1-22(2,3)28-18(15-5-6-16(29)11-15)12-19(26-28)24-20-13-23-14-21(25-20)30-17-7-9-27(4)10-8-17/h12-17,29H,5-11H2,1-4H3,(H,24,25,26)/t15-,16+/m0/s1. The lowest BCUT2D eigenvalue weighted by molar-refractivity contribution is 0.110. The number of nitrogens with one attached hydrogen (secondary N) is 1. The first-order chi connectivity index (χ1) is 14.3. The highest BCUT2D eigenvalue weighted by Crippen LogP contribution is 2.37. The molecule has 0 radical (unpaired) electrons. The Balaban J connectivity index is 1.49. The molecule has 0 unspecified atom stereocenters. The average molecular weight is 415 g/mol. The van der Waals surface area contributed by atoms with Crippen LogP contribution in [0.3, 0.4) is 0 Å². The van der Waals surface area contributed by atoms with Gasteiger partial charge in [-0.05, 0) is 59.9 Å². The summed E-state index contributed by atoms with van der Waals surface area (Å²) < 4.78 is 8.14. The molecule has 0 bridgehead atoms. The quantitative estimate of drug-likeness (QED) is 0.776. The van der Waals surface area contributed by atoms with Gasteiger partial charge in [-0.15, -0.1) is 0 Å². The maximum atomic E-state index is 10.00. The van der Waals surface area contributed by atoms with E-state index in [4.69, 9.17) is 9.84 Å². The summed E-state index contributed by atoms with van der Waals surface area (Å²) in [5.74, 6) is 2.24. The lowest BCUT2D eigenvalue weighted by Crippen LogP contribution is -2.35. The van der Waals surface area contributed by atoms with Crippen LogP contribution in [-0.4, -0.2) is 62.1 Å². The molecule has 1 aliphatic carbocycles. The SMILES string of the molecule is CN1CCC(Oc2cncc(Nc3cc([C@H]4CC[C@@H](O)C4)n(C(C)(C)C)n3)n2)CC1. The van der Waals surface area contributed by atoms with Gasteiger partial charge in [0, 0.05) is 30.8 Å². The Morgan fingerprint density at radius 2 is 1.87 bits per heavy atom. The lowest BCUT2D eigenvalue weighted by atomic mass is 10.0. The van der Waals surface area contributed by atoms with Crippen molar-refractivity contribution in [2.24, 2.45) is 0 Å². The van der Waals surface area contributed by atoms with Gasteiger partial charge >= 0.3 is 0 Å². The van der Waals surface area contributed by atoms with E-state index in [1.54, 1.807) is 12.4 Å². The van der Waals surface area contributed by atoms with Crippen molar-refractivity contribution in [3.05, 3.63) is 24.2 Å². The number of aromatic nitrogens is 4. The molecule has 0 spiro atoms. The zero-order valence-corrected chi connectivity index (χ0v) is 18.5. The largest absolute Gasteiger partial charge is 0.473 e. The maximum Gasteiger partial charge on any atom is 0.234 e. The van der Waals surface area contributed by atoms with Crippen molar-refractivity contribution in [3.8, 4) is 5.88 Å². The van der Waals surface area contributed by atoms with Crippen molar-refractivity contribution in [1.82, 2.24) is 24.6 Å². The van der Waals surface area contributed by atoms with Crippen molar-refractivity contribution in [2.45, 2.75) is 76.5 Å². The Labute approximate surface area is 178 Å². The molecule has 1 aliphatic heterocycles. The van der Waals surface area contributed by atoms with Crippen LogP contribution in [-0.2, 0) is 5.54 Å². The second kappa shape index (κ2) is 8.51. The fourth-order valence-electron chi connectivity index (χ4n) is 4.38. The highest BCUT2D eigenvalue weighted by atomic mass is 16.5. The van der Waals surface area contributed by atoms with Crippen LogP contribution in [0.2, 0.25) is 0 Å². The second-order valence-corrected chi connectivity index (χ2v) is 9.69. The molecule has 4 rings (SSSR count). The minimum Gasteiger partial charge on any atom is -0.473 e. The summed E-state index contributed by atoms with van der Waals surface area (Å²) in [4.78, 5) is 11.2. The van der Waals surface area contributed by atoms with Gasteiger partial charge in [-0.25, -0.2) is 0 Å². The summed E-state index contributed by atoms with van der Waals surface area (Å²) in [6, 6.07) is 2.08. The number of piperidine rings is 1. The molecule has 2 N–H and O–H groups in total. The first-order valence-corrected chi connectivity index (χ1v) is 11.0. The van der Waals surface area contributed by atoms with E-state index in [0.29, 0.717) is 17.6 Å². The lowest BCUT2D eigenvalue weighted by Gasteiger charge is -2.28. The number of hydrogen-bond donors (Lipinski definition) is 2. The molecule has 30 heavy (non-hydrogen) atoms. The Bertz CT molecular complexity index is 854. The normalized spacial score (nSPS) is 23.6. The topological polar surface area (TPSA) is 88.3 Å². The minimum absolute atomic E-state index is 0.145. The third-order valence-electron chi connectivity index (χ3n) is 6.02. The summed E-state index contributed by atoms with van der Waals surface area (Å²) in [5.41, 5.74) is 1.02. The van der Waals surface area contributed by atoms with E-state index in [2.05, 4.69) is 58.8 Å². The molecule has 2 aromatic rings. The highest BCUT2D eigenvalue weighted by Gasteiger charge is 2.30. The van der Waals surface area contributed by atoms with Crippen molar-refractivity contribution in [3.63, 3.8) is 0 Å². The Morgan fingerprint density at radius 1 is 1.10 bits per heavy atom. The van der Waals surface area contributed by atoms with Crippen LogP contribution in [0.5, 0.6) is 5.88 Å². The van der Waals surface area contributed by atoms with Crippen LogP contribution in [0, 0.1) is 0 Å². The van der Waals surface area contributed by atoms with Gasteiger partial charge in [-0.2, -0.15) is 10.1 Å². The maximum absolute atomic E-state index is 10.00. The first kappa shape index (κ1) is 21.1. The third kappa shape index (κ3) is 4.92. The molecular weight excluding hydrogens is 380 g/mol. The Morgan fingerprint density at radius 3 is 2.53 bits per heavy atom. The number of rotatable bonds is 5. The Kier molecular flexibility index (Phi) is 5.97. The molecule has 8 nitrogen and oxygen atoms in total. The van der Waals surface area contributed by atoms with E-state index in [-0.39, 0.29) is 17.7 Å². The molecule has 1 saturated heterocycles. The zero-order chi connectivity index (χ0) is 21.3. The summed E-state index contributed by atoms with van der Waals surface area (Å²) >= 11 is 0. The van der Waals surface area contributed by atoms with Gasteiger partial charge in [0.1, 0.15) is 6.10 Å². The molecule has 3 heterocycles. The van der Waals surface area contributed by atoms with Crippen LogP contribution >= 0.6 is 0 Å². The molecule has 2 aliphatic rings. The van der Waals surface area contributed by atoms with Gasteiger partial charge in [-0.1, -0.05) is 0 Å². The van der Waals surface area contributed by atoms with E-state index >= 15 is 0 Å². The monoisotopic (exact) mass is 414 g/mol. The van der Waals surface area contributed by atoms with Crippen LogP contribution in [0.4, 0.5) is 11.6 Å². The number of aliphatic hydroxyl groups excluding tert-OH is 1. The van der Waals surface area contributed by atoms with Crippen molar-refractivity contribution < 1.29 is 9.84 Å². The van der Waals surface area contributed by atoms with Gasteiger partial charge in [0.15, 0.2) is 11.6 Å². The molecular formula is C22H34N6O2. The molecule has 1 saturated carbocycles. The van der Waals surface area contributed by atoms with Gasteiger partial charge in [-0.3, -0.25) is 9.67 Å². The van der Waals surface area contributed by atoms with Crippen LogP contribution in [0.1, 0.15) is 64.5 Å². The minimum atomic E-state index is -0.214. The fraction of sp³-hybridized carbons (Fsp3) is 0.682. The third-order valence-corrected chi connectivity index (χ3v) is 6.02. The number of nitrogens with zero attached hydrogens (tertiary/aromatic N) is 5. The number of aliphatic hydroxyl groups is 1. The van der Waals surface area contributed by atoms with Gasteiger partial charge in [0.2, 0.25) is 5.88 Å². The smallest absolute Gasteiger partial charge is 0.234 e. The Hall–Kier alpha value is -2.19. The van der Waals surface area contributed by atoms with E-state index in [1.807, 2.05) is 0 Å². The molecule has 0 aromatic carbocycles. The predicted molar refractivity (Wildman–Crippen MR) is 116 cm³/mol. The van der Waals surface area contributed by atoms with Gasteiger partial charge < -0.3 is 20.1 Å². The number of ether oxygens (including phenoxy) is 1. The van der Waals surface area contributed by atoms with Crippen molar-refractivity contribution in [1.29, 1.82) is 0 Å². The van der Waals surface area contributed by atoms with Crippen LogP contribution in [0.15, 0.2) is 18.5 Å². The zero-order valence-electron chi connectivity index (χ0n) is 18.5. The van der Waals surface area contributed by atoms with E-state index in [9.17, 15) is 5.11 Å². The van der Waals surface area contributed by atoms with Gasteiger partial charge in [0.05, 0.1) is 24.0 Å². The molecule has 2 aromatic heterocycles. The van der Waals surface area contributed by atoms with Crippen LogP contribution in [0.25, 0.3) is 0 Å². The first-order valence-electron chi connectivity index (χ1n) is 11.0. The summed E-state index contributed by atoms with van der Waals surface area (Å²) in [6.45, 7) is 8.52. The van der Waals surface area contributed by atoms with E-state index in [1.165, 1.54) is 0 Å². The van der Waals surface area contributed by atoms with E-state index < -0.39 is 0 Å². The molecule has 8 heteroatoms. The average Bonchev–Trinajstić information content (AvgIpc) is 3.30. The summed E-state index contributed by atoms with van der Waals surface area (Å²) in [7, 11) is 2.14. The molecule has 2 atom stereocenters. The second-order valence-electron chi connectivity index (χ2n) is 9.69. The molecule has 164 valence electrons. The fourth-order valence-corrected chi connectivity index (χ4v) is 4.38. The molecule has 0 amide bonds. The van der Waals surface area contributed by atoms with Crippen molar-refractivity contribution >= 4 is 11.6 Å². The summed E-state index contributed by atoms with van der Waals surface area (Å²) in [5, 5.41) is 18.1. The van der Waals surface area contributed by atoms with E-state index in [0.717, 1.165) is 56.7 Å². The number of anilines is 2. The highest BCUT2D eigenvalue weighted by molar-refractivity contribution is 5.52. The number of likely N-dealkylation sites (tertiary alicyclic amines) is 1. The van der Waals surface area contributed by atoms with Crippen molar-refractivity contribution in [2.75, 3.05) is 25.5 Å². The molecule has 2 fully saturated rings.